The second-order valence-electron chi connectivity index (χ2n) is 4.19. The van der Waals surface area contributed by atoms with E-state index in [1.165, 1.54) is 0 Å². The highest BCUT2D eigenvalue weighted by atomic mass is 35.5. The molecule has 0 bridgehead atoms. The van der Waals surface area contributed by atoms with Crippen LogP contribution in [0.25, 0.3) is 10.2 Å². The van der Waals surface area contributed by atoms with Gasteiger partial charge in [0.2, 0.25) is 0 Å². The van der Waals surface area contributed by atoms with E-state index in [2.05, 4.69) is 15.0 Å². The number of fused-ring (bicyclic) bond motifs is 1. The van der Waals surface area contributed by atoms with Crippen molar-refractivity contribution in [1.29, 1.82) is 0 Å². The van der Waals surface area contributed by atoms with Crippen molar-refractivity contribution in [2.75, 3.05) is 6.61 Å². The van der Waals surface area contributed by atoms with Gasteiger partial charge in [0.1, 0.15) is 16.6 Å². The number of hydrogen-bond acceptors (Lipinski definition) is 5. The van der Waals surface area contributed by atoms with Crippen LogP contribution in [0.1, 0.15) is 11.5 Å². The lowest BCUT2D eigenvalue weighted by molar-refractivity contribution is 0.118. The molecule has 3 heterocycles. The molecule has 0 radical (unpaired) electrons. The number of pyridine rings is 1. The molecule has 0 saturated carbocycles. The highest BCUT2D eigenvalue weighted by molar-refractivity contribution is 7.16. The first kappa shape index (κ1) is 13.4. The van der Waals surface area contributed by atoms with Crippen molar-refractivity contribution < 1.29 is 4.74 Å². The van der Waals surface area contributed by atoms with Gasteiger partial charge in [-0.3, -0.25) is 4.98 Å². The molecule has 0 aliphatic heterocycles. The van der Waals surface area contributed by atoms with Crippen LogP contribution in [0, 0.1) is 0 Å². The summed E-state index contributed by atoms with van der Waals surface area (Å²) in [6, 6.07) is 7.77. The standard InChI is InChI=1S/C14H12ClN3OS/c15-13-11-5-8-20-14(11)18-12(17-13)9-19-7-4-10-3-1-2-6-16-10/h1-3,5-6,8H,4,7,9H2. The van der Waals surface area contributed by atoms with Gasteiger partial charge in [0, 0.05) is 23.7 Å². The third-order valence-electron chi connectivity index (χ3n) is 2.78. The average molecular weight is 306 g/mol. The maximum Gasteiger partial charge on any atom is 0.157 e. The quantitative estimate of drug-likeness (QED) is 0.535. The highest BCUT2D eigenvalue weighted by Crippen LogP contribution is 2.24. The lowest BCUT2D eigenvalue weighted by atomic mass is 10.3. The van der Waals surface area contributed by atoms with Crippen molar-refractivity contribution in [3.63, 3.8) is 0 Å². The summed E-state index contributed by atoms with van der Waals surface area (Å²) in [4.78, 5) is 13.8. The van der Waals surface area contributed by atoms with Gasteiger partial charge in [0.15, 0.2) is 5.82 Å². The van der Waals surface area contributed by atoms with Gasteiger partial charge >= 0.3 is 0 Å². The fraction of sp³-hybridized carbons (Fsp3) is 0.214. The monoisotopic (exact) mass is 305 g/mol. The first-order valence-corrected chi connectivity index (χ1v) is 7.46. The molecule has 0 fully saturated rings. The minimum Gasteiger partial charge on any atom is -0.373 e. The van der Waals surface area contributed by atoms with Crippen LogP contribution in [-0.4, -0.2) is 21.6 Å². The molecule has 0 spiro atoms. The van der Waals surface area contributed by atoms with Crippen molar-refractivity contribution in [1.82, 2.24) is 15.0 Å². The molecule has 0 N–H and O–H groups in total. The van der Waals surface area contributed by atoms with E-state index in [1.807, 2.05) is 29.6 Å². The van der Waals surface area contributed by atoms with E-state index >= 15 is 0 Å². The Labute approximate surface area is 125 Å². The molecular weight excluding hydrogens is 294 g/mol. The van der Waals surface area contributed by atoms with Crippen LogP contribution in [0.5, 0.6) is 0 Å². The second-order valence-corrected chi connectivity index (χ2v) is 5.45. The normalized spacial score (nSPS) is 11.1. The van der Waals surface area contributed by atoms with Crippen LogP contribution in [0.4, 0.5) is 0 Å². The Morgan fingerprint density at radius 3 is 3.00 bits per heavy atom. The van der Waals surface area contributed by atoms with E-state index in [0.717, 1.165) is 22.3 Å². The number of thiophene rings is 1. The predicted octanol–water partition coefficient (Wildman–Crippen LogP) is 3.50. The van der Waals surface area contributed by atoms with Crippen molar-refractivity contribution in [2.24, 2.45) is 0 Å². The molecule has 102 valence electrons. The Morgan fingerprint density at radius 2 is 2.15 bits per heavy atom. The lowest BCUT2D eigenvalue weighted by Gasteiger charge is -2.04. The zero-order chi connectivity index (χ0) is 13.8. The molecule has 3 rings (SSSR count). The maximum atomic E-state index is 6.10. The fourth-order valence-electron chi connectivity index (χ4n) is 1.81. The molecule has 0 aliphatic carbocycles. The lowest BCUT2D eigenvalue weighted by Crippen LogP contribution is -2.03. The molecule has 0 saturated heterocycles. The van der Waals surface area contributed by atoms with E-state index < -0.39 is 0 Å². The van der Waals surface area contributed by atoms with Crippen molar-refractivity contribution in [2.45, 2.75) is 13.0 Å². The molecule has 0 amide bonds. The van der Waals surface area contributed by atoms with E-state index in [9.17, 15) is 0 Å². The summed E-state index contributed by atoms with van der Waals surface area (Å²) in [6.07, 6.45) is 2.55. The highest BCUT2D eigenvalue weighted by Gasteiger charge is 2.07. The van der Waals surface area contributed by atoms with Crippen LogP contribution in [-0.2, 0) is 17.8 Å². The number of halogens is 1. The topological polar surface area (TPSA) is 47.9 Å². The van der Waals surface area contributed by atoms with Crippen molar-refractivity contribution >= 4 is 33.2 Å². The number of ether oxygens (including phenoxy) is 1. The van der Waals surface area contributed by atoms with Crippen LogP contribution < -0.4 is 0 Å². The smallest absolute Gasteiger partial charge is 0.157 e. The maximum absolute atomic E-state index is 6.10. The van der Waals surface area contributed by atoms with Gasteiger partial charge in [-0.1, -0.05) is 17.7 Å². The van der Waals surface area contributed by atoms with Gasteiger partial charge < -0.3 is 4.74 Å². The Balaban J connectivity index is 1.57. The van der Waals surface area contributed by atoms with Gasteiger partial charge in [0.25, 0.3) is 0 Å². The van der Waals surface area contributed by atoms with E-state index in [-0.39, 0.29) is 0 Å². The number of rotatable bonds is 5. The van der Waals surface area contributed by atoms with Crippen LogP contribution in [0.3, 0.4) is 0 Å². The zero-order valence-electron chi connectivity index (χ0n) is 10.6. The number of hydrogen-bond donors (Lipinski definition) is 0. The molecule has 0 unspecified atom stereocenters. The summed E-state index contributed by atoms with van der Waals surface area (Å²) in [5, 5.41) is 3.34. The molecule has 3 aromatic heterocycles. The van der Waals surface area contributed by atoms with Crippen LogP contribution in [0.2, 0.25) is 5.15 Å². The largest absolute Gasteiger partial charge is 0.373 e. The fourth-order valence-corrected chi connectivity index (χ4v) is 2.90. The number of aromatic nitrogens is 3. The minimum absolute atomic E-state index is 0.362. The molecule has 0 aliphatic rings. The van der Waals surface area contributed by atoms with Gasteiger partial charge in [-0.25, -0.2) is 9.97 Å². The molecule has 3 aromatic rings. The molecule has 20 heavy (non-hydrogen) atoms. The third-order valence-corrected chi connectivity index (χ3v) is 3.88. The molecule has 4 nitrogen and oxygen atoms in total. The van der Waals surface area contributed by atoms with E-state index in [1.54, 1.807) is 17.5 Å². The Morgan fingerprint density at radius 1 is 1.20 bits per heavy atom. The first-order valence-electron chi connectivity index (χ1n) is 6.20. The average Bonchev–Trinajstić information content (AvgIpc) is 2.94. The Hall–Kier alpha value is -1.56. The predicted molar refractivity (Wildman–Crippen MR) is 80.0 cm³/mol. The van der Waals surface area contributed by atoms with Crippen LogP contribution in [0.15, 0.2) is 35.8 Å². The first-order chi connectivity index (χ1) is 9.83. The Bertz CT molecular complexity index is 702. The van der Waals surface area contributed by atoms with Crippen LogP contribution >= 0.6 is 22.9 Å². The zero-order valence-corrected chi connectivity index (χ0v) is 12.2. The van der Waals surface area contributed by atoms with Gasteiger partial charge in [-0.05, 0) is 23.6 Å². The van der Waals surface area contributed by atoms with Gasteiger partial charge in [0.05, 0.1) is 6.61 Å². The van der Waals surface area contributed by atoms with E-state index in [0.29, 0.717) is 24.2 Å². The molecule has 0 aromatic carbocycles. The summed E-state index contributed by atoms with van der Waals surface area (Å²) >= 11 is 7.65. The Kier molecular flexibility index (Phi) is 4.20. The molecule has 6 heteroatoms. The van der Waals surface area contributed by atoms with Crippen molar-refractivity contribution in [3.8, 4) is 0 Å². The van der Waals surface area contributed by atoms with E-state index in [4.69, 9.17) is 16.3 Å². The third kappa shape index (κ3) is 3.12. The molecule has 0 atom stereocenters. The minimum atomic E-state index is 0.362. The second kappa shape index (κ2) is 6.26. The molecular formula is C14H12ClN3OS. The van der Waals surface area contributed by atoms with Gasteiger partial charge in [-0.15, -0.1) is 11.3 Å². The summed E-state index contributed by atoms with van der Waals surface area (Å²) in [7, 11) is 0. The summed E-state index contributed by atoms with van der Waals surface area (Å²) in [5.41, 5.74) is 1.01. The summed E-state index contributed by atoms with van der Waals surface area (Å²) in [5.74, 6) is 0.617. The van der Waals surface area contributed by atoms with Gasteiger partial charge in [-0.2, -0.15) is 0 Å². The summed E-state index contributed by atoms with van der Waals surface area (Å²) < 4.78 is 5.59. The SMILES string of the molecule is Clc1nc(COCCc2ccccn2)nc2sccc12. The number of nitrogens with zero attached hydrogens (tertiary/aromatic N) is 3. The summed E-state index contributed by atoms with van der Waals surface area (Å²) in [6.45, 7) is 0.945. The van der Waals surface area contributed by atoms with Crippen molar-refractivity contribution in [3.05, 3.63) is 52.5 Å².